The van der Waals surface area contributed by atoms with Crippen LogP contribution in [0.1, 0.15) is 17.3 Å². The van der Waals surface area contributed by atoms with Gasteiger partial charge in [-0.2, -0.15) is 0 Å². The van der Waals surface area contributed by atoms with Gasteiger partial charge in [0.05, 0.1) is 11.8 Å². The van der Waals surface area contributed by atoms with Crippen LogP contribution in [0.4, 0.5) is 5.69 Å². The van der Waals surface area contributed by atoms with Crippen LogP contribution in [-0.2, 0) is 4.79 Å². The SMILES string of the molecule is CC(NC(=O)c1ccoc1)C(=O)Nc1cccc2cnccc12. The number of anilines is 1. The second kappa shape index (κ2) is 6.31. The number of carbonyl (C=O) groups is 2. The first-order valence-electron chi connectivity index (χ1n) is 7.12. The van der Waals surface area contributed by atoms with Crippen molar-refractivity contribution in [2.75, 3.05) is 5.32 Å². The lowest BCUT2D eigenvalue weighted by Crippen LogP contribution is -2.41. The number of carbonyl (C=O) groups excluding carboxylic acids is 2. The average molecular weight is 309 g/mol. The summed E-state index contributed by atoms with van der Waals surface area (Å²) in [7, 11) is 0. The molecule has 6 nitrogen and oxygen atoms in total. The minimum atomic E-state index is -0.686. The van der Waals surface area contributed by atoms with Crippen LogP contribution < -0.4 is 10.6 Å². The molecule has 1 atom stereocenters. The van der Waals surface area contributed by atoms with Crippen LogP contribution in [0.3, 0.4) is 0 Å². The van der Waals surface area contributed by atoms with Gasteiger partial charge >= 0.3 is 0 Å². The maximum atomic E-state index is 12.3. The van der Waals surface area contributed by atoms with Gasteiger partial charge in [-0.05, 0) is 25.1 Å². The lowest BCUT2D eigenvalue weighted by atomic mass is 10.1. The Morgan fingerprint density at radius 3 is 2.87 bits per heavy atom. The first-order valence-corrected chi connectivity index (χ1v) is 7.12. The van der Waals surface area contributed by atoms with E-state index in [1.165, 1.54) is 18.6 Å². The summed E-state index contributed by atoms with van der Waals surface area (Å²) in [6, 6.07) is 8.26. The van der Waals surface area contributed by atoms with Gasteiger partial charge in [0.25, 0.3) is 5.91 Å². The van der Waals surface area contributed by atoms with Gasteiger partial charge < -0.3 is 15.1 Å². The fraction of sp³-hybridized carbons (Fsp3) is 0.118. The van der Waals surface area contributed by atoms with E-state index in [0.717, 1.165) is 10.8 Å². The Labute approximate surface area is 132 Å². The molecule has 1 unspecified atom stereocenters. The van der Waals surface area contributed by atoms with E-state index in [9.17, 15) is 9.59 Å². The molecule has 0 aliphatic heterocycles. The zero-order chi connectivity index (χ0) is 16.2. The average Bonchev–Trinajstić information content (AvgIpc) is 3.09. The molecule has 6 heteroatoms. The molecule has 2 heterocycles. The first-order chi connectivity index (χ1) is 11.1. The quantitative estimate of drug-likeness (QED) is 0.776. The summed E-state index contributed by atoms with van der Waals surface area (Å²) >= 11 is 0. The van der Waals surface area contributed by atoms with Crippen molar-refractivity contribution in [1.82, 2.24) is 10.3 Å². The lowest BCUT2D eigenvalue weighted by Gasteiger charge is -2.14. The Bertz CT molecular complexity index is 838. The molecule has 0 saturated heterocycles. The summed E-state index contributed by atoms with van der Waals surface area (Å²) in [6.45, 7) is 1.63. The molecular weight excluding hydrogens is 294 g/mol. The molecule has 0 aliphatic carbocycles. The highest BCUT2D eigenvalue weighted by atomic mass is 16.3. The topological polar surface area (TPSA) is 84.2 Å². The molecule has 2 N–H and O–H groups in total. The second-order valence-electron chi connectivity index (χ2n) is 5.10. The number of amides is 2. The third-order valence-electron chi connectivity index (χ3n) is 3.46. The molecule has 3 aromatic rings. The van der Waals surface area contributed by atoms with Crippen molar-refractivity contribution in [2.24, 2.45) is 0 Å². The third kappa shape index (κ3) is 3.21. The maximum Gasteiger partial charge on any atom is 0.255 e. The van der Waals surface area contributed by atoms with Crippen molar-refractivity contribution in [3.05, 3.63) is 60.8 Å². The van der Waals surface area contributed by atoms with E-state index < -0.39 is 6.04 Å². The largest absolute Gasteiger partial charge is 0.472 e. The van der Waals surface area contributed by atoms with Crippen LogP contribution in [0.2, 0.25) is 0 Å². The number of nitrogens with one attached hydrogen (secondary N) is 2. The number of aromatic nitrogens is 1. The van der Waals surface area contributed by atoms with Crippen molar-refractivity contribution < 1.29 is 14.0 Å². The Balaban J connectivity index is 1.72. The Morgan fingerprint density at radius 1 is 1.22 bits per heavy atom. The number of hydrogen-bond acceptors (Lipinski definition) is 4. The van der Waals surface area contributed by atoms with Crippen molar-refractivity contribution in [3.8, 4) is 0 Å². The lowest BCUT2D eigenvalue weighted by molar-refractivity contribution is -0.117. The van der Waals surface area contributed by atoms with Gasteiger partial charge in [0, 0.05) is 28.9 Å². The van der Waals surface area contributed by atoms with E-state index in [-0.39, 0.29) is 11.8 Å². The Morgan fingerprint density at radius 2 is 2.09 bits per heavy atom. The zero-order valence-electron chi connectivity index (χ0n) is 12.4. The van der Waals surface area contributed by atoms with Gasteiger partial charge in [-0.15, -0.1) is 0 Å². The second-order valence-corrected chi connectivity index (χ2v) is 5.10. The summed E-state index contributed by atoms with van der Waals surface area (Å²) in [4.78, 5) is 28.3. The van der Waals surface area contributed by atoms with Crippen LogP contribution in [0.15, 0.2) is 59.7 Å². The van der Waals surface area contributed by atoms with Crippen molar-refractivity contribution in [1.29, 1.82) is 0 Å². The summed E-state index contributed by atoms with van der Waals surface area (Å²) < 4.78 is 4.85. The monoisotopic (exact) mass is 309 g/mol. The normalized spacial score (nSPS) is 11.9. The molecule has 0 aliphatic rings. The predicted octanol–water partition coefficient (Wildman–Crippen LogP) is 2.58. The molecule has 1 aromatic carbocycles. The number of benzene rings is 1. The third-order valence-corrected chi connectivity index (χ3v) is 3.46. The summed E-state index contributed by atoms with van der Waals surface area (Å²) in [5.74, 6) is -0.658. The molecular formula is C17H15N3O3. The van der Waals surface area contributed by atoms with Gasteiger partial charge in [0.1, 0.15) is 12.3 Å². The molecule has 3 rings (SSSR count). The number of pyridine rings is 1. The van der Waals surface area contributed by atoms with Crippen LogP contribution in [-0.4, -0.2) is 22.8 Å². The molecule has 0 fully saturated rings. The van der Waals surface area contributed by atoms with E-state index in [2.05, 4.69) is 15.6 Å². The number of rotatable bonds is 4. The molecule has 0 radical (unpaired) electrons. The van der Waals surface area contributed by atoms with Gasteiger partial charge in [0.15, 0.2) is 0 Å². The van der Waals surface area contributed by atoms with Crippen molar-refractivity contribution >= 4 is 28.3 Å². The predicted molar refractivity (Wildman–Crippen MR) is 86.0 cm³/mol. The van der Waals surface area contributed by atoms with Crippen LogP contribution >= 0.6 is 0 Å². The number of fused-ring (bicyclic) bond motifs is 1. The van der Waals surface area contributed by atoms with E-state index in [1.807, 2.05) is 24.3 Å². The fourth-order valence-electron chi connectivity index (χ4n) is 2.21. The smallest absolute Gasteiger partial charge is 0.255 e. The number of nitrogens with zero attached hydrogens (tertiary/aromatic N) is 1. The summed E-state index contributed by atoms with van der Waals surface area (Å²) in [5.41, 5.74) is 1.06. The van der Waals surface area contributed by atoms with Crippen molar-refractivity contribution in [2.45, 2.75) is 13.0 Å². The van der Waals surface area contributed by atoms with Gasteiger partial charge in [-0.3, -0.25) is 14.6 Å². The molecule has 0 bridgehead atoms. The number of furan rings is 1. The van der Waals surface area contributed by atoms with Crippen molar-refractivity contribution in [3.63, 3.8) is 0 Å². The highest BCUT2D eigenvalue weighted by Gasteiger charge is 2.18. The molecule has 23 heavy (non-hydrogen) atoms. The summed E-state index contributed by atoms with van der Waals surface area (Å²) in [6.07, 6.45) is 6.14. The van der Waals surface area contributed by atoms with E-state index in [0.29, 0.717) is 11.3 Å². The standard InChI is InChI=1S/C17H15N3O3/c1-11(19-17(22)13-6-8-23-10-13)16(21)20-15-4-2-3-12-9-18-7-5-14(12)15/h2-11H,1H3,(H,19,22)(H,20,21). The maximum absolute atomic E-state index is 12.3. The van der Waals surface area contributed by atoms with Crippen LogP contribution in [0.5, 0.6) is 0 Å². The highest BCUT2D eigenvalue weighted by molar-refractivity contribution is 6.05. The van der Waals surface area contributed by atoms with E-state index >= 15 is 0 Å². The minimum absolute atomic E-state index is 0.300. The van der Waals surface area contributed by atoms with E-state index in [4.69, 9.17) is 4.42 Å². The number of hydrogen-bond donors (Lipinski definition) is 2. The minimum Gasteiger partial charge on any atom is -0.472 e. The molecule has 0 saturated carbocycles. The highest BCUT2D eigenvalue weighted by Crippen LogP contribution is 2.22. The van der Waals surface area contributed by atoms with Crippen LogP contribution in [0, 0.1) is 0 Å². The Hall–Kier alpha value is -3.15. The van der Waals surface area contributed by atoms with Gasteiger partial charge in [-0.25, -0.2) is 0 Å². The molecule has 2 amide bonds. The van der Waals surface area contributed by atoms with Crippen LogP contribution in [0.25, 0.3) is 10.8 Å². The molecule has 2 aromatic heterocycles. The summed E-state index contributed by atoms with van der Waals surface area (Å²) in [5, 5.41) is 7.28. The van der Waals surface area contributed by atoms with Gasteiger partial charge in [-0.1, -0.05) is 12.1 Å². The first kappa shape index (κ1) is 14.8. The Kier molecular flexibility index (Phi) is 4.05. The fourth-order valence-corrected chi connectivity index (χ4v) is 2.21. The zero-order valence-corrected chi connectivity index (χ0v) is 12.4. The van der Waals surface area contributed by atoms with Gasteiger partial charge in [0.2, 0.25) is 5.91 Å². The van der Waals surface area contributed by atoms with E-state index in [1.54, 1.807) is 19.3 Å². The molecule has 0 spiro atoms. The molecule has 116 valence electrons.